The molecular formula is C13H23N3O3. The van der Waals surface area contributed by atoms with Gasteiger partial charge in [-0.1, -0.05) is 12.1 Å². The van der Waals surface area contributed by atoms with Crippen molar-refractivity contribution in [1.82, 2.24) is 4.90 Å². The van der Waals surface area contributed by atoms with E-state index in [4.69, 9.17) is 15.7 Å². The van der Waals surface area contributed by atoms with Crippen LogP contribution in [0, 0.1) is 11.3 Å². The molecule has 0 aromatic carbocycles. The molecule has 2 aliphatic rings. The number of carbonyl (C=O) groups is 1. The molecule has 1 atom stereocenters. The van der Waals surface area contributed by atoms with E-state index in [9.17, 15) is 4.79 Å². The molecular weight excluding hydrogens is 246 g/mol. The molecule has 0 aromatic heterocycles. The number of oxime groups is 1. The number of nitrogens with zero attached hydrogens (tertiary/aromatic N) is 2. The van der Waals surface area contributed by atoms with E-state index in [0.717, 1.165) is 6.42 Å². The molecule has 1 aliphatic carbocycles. The van der Waals surface area contributed by atoms with Crippen molar-refractivity contribution in [2.75, 3.05) is 19.7 Å². The average molecular weight is 269 g/mol. The minimum Gasteiger partial charge on any atom is -0.409 e. The Bertz CT molecular complexity index is 377. The first-order valence-corrected chi connectivity index (χ1v) is 6.88. The van der Waals surface area contributed by atoms with E-state index in [1.54, 1.807) is 0 Å². The average Bonchev–Trinajstić information content (AvgIpc) is 2.57. The number of amides is 1. The van der Waals surface area contributed by atoms with Crippen molar-refractivity contribution < 1.29 is 14.7 Å². The van der Waals surface area contributed by atoms with Crippen molar-refractivity contribution in [2.45, 2.75) is 39.2 Å². The maximum Gasteiger partial charge on any atom is 0.236 e. The van der Waals surface area contributed by atoms with Crippen LogP contribution in [0.1, 0.15) is 33.1 Å². The summed E-state index contributed by atoms with van der Waals surface area (Å²) in [5.41, 5.74) is 4.98. The van der Waals surface area contributed by atoms with Crippen molar-refractivity contribution in [2.24, 2.45) is 22.2 Å². The van der Waals surface area contributed by atoms with E-state index in [1.165, 1.54) is 0 Å². The molecule has 19 heavy (non-hydrogen) atoms. The van der Waals surface area contributed by atoms with E-state index >= 15 is 0 Å². The largest absolute Gasteiger partial charge is 0.409 e. The second-order valence-corrected chi connectivity index (χ2v) is 5.87. The van der Waals surface area contributed by atoms with E-state index in [-0.39, 0.29) is 17.8 Å². The fourth-order valence-corrected chi connectivity index (χ4v) is 3.20. The molecule has 1 amide bonds. The Morgan fingerprint density at radius 1 is 1.47 bits per heavy atom. The van der Waals surface area contributed by atoms with Crippen molar-refractivity contribution in [3.05, 3.63) is 0 Å². The molecule has 0 spiro atoms. The topological polar surface area (TPSA) is 88.2 Å². The Hall–Kier alpha value is -1.30. The van der Waals surface area contributed by atoms with Gasteiger partial charge in [0.2, 0.25) is 5.91 Å². The van der Waals surface area contributed by atoms with Crippen molar-refractivity contribution in [3.8, 4) is 0 Å². The van der Waals surface area contributed by atoms with Crippen LogP contribution < -0.4 is 5.73 Å². The molecule has 1 heterocycles. The van der Waals surface area contributed by atoms with Gasteiger partial charge in [-0.05, 0) is 32.1 Å². The fourth-order valence-electron chi connectivity index (χ4n) is 3.20. The molecule has 0 radical (unpaired) electrons. The van der Waals surface area contributed by atoms with Gasteiger partial charge in [0, 0.05) is 19.7 Å². The maximum atomic E-state index is 12.7. The summed E-state index contributed by atoms with van der Waals surface area (Å²) < 4.78 is 5.55. The Balaban J connectivity index is 2.16. The summed E-state index contributed by atoms with van der Waals surface area (Å²) in [5.74, 6) is 0.469. The predicted octanol–water partition coefficient (Wildman–Crippen LogP) is 0.787. The number of rotatable bonds is 2. The van der Waals surface area contributed by atoms with Crippen LogP contribution in [0.15, 0.2) is 5.16 Å². The van der Waals surface area contributed by atoms with Crippen molar-refractivity contribution >= 4 is 11.7 Å². The zero-order chi connectivity index (χ0) is 14.0. The first kappa shape index (κ1) is 14.1. The van der Waals surface area contributed by atoms with E-state index in [2.05, 4.69) is 12.1 Å². The van der Waals surface area contributed by atoms with Crippen LogP contribution in [0.5, 0.6) is 0 Å². The second-order valence-electron chi connectivity index (χ2n) is 5.87. The number of carbonyl (C=O) groups excluding carboxylic acids is 1. The van der Waals surface area contributed by atoms with Crippen LogP contribution in [0.3, 0.4) is 0 Å². The summed E-state index contributed by atoms with van der Waals surface area (Å²) in [4.78, 5) is 14.6. The Labute approximate surface area is 113 Å². The summed E-state index contributed by atoms with van der Waals surface area (Å²) in [6.07, 6.45) is 2.19. The van der Waals surface area contributed by atoms with Gasteiger partial charge in [-0.2, -0.15) is 0 Å². The zero-order valence-electron chi connectivity index (χ0n) is 11.6. The summed E-state index contributed by atoms with van der Waals surface area (Å²) in [7, 11) is 0. The van der Waals surface area contributed by atoms with Gasteiger partial charge in [0.25, 0.3) is 0 Å². The van der Waals surface area contributed by atoms with Crippen LogP contribution in [0.2, 0.25) is 0 Å². The molecule has 2 rings (SSSR count). The second kappa shape index (κ2) is 5.36. The normalized spacial score (nSPS) is 36.5. The van der Waals surface area contributed by atoms with Crippen molar-refractivity contribution in [3.63, 3.8) is 0 Å². The molecule has 2 fully saturated rings. The summed E-state index contributed by atoms with van der Waals surface area (Å²) in [6, 6.07) is 0. The number of hydrogen-bond donors (Lipinski definition) is 2. The van der Waals surface area contributed by atoms with E-state index in [0.29, 0.717) is 38.5 Å². The summed E-state index contributed by atoms with van der Waals surface area (Å²) in [6.45, 7) is 5.97. The molecule has 1 saturated carbocycles. The van der Waals surface area contributed by atoms with Crippen LogP contribution in [0.4, 0.5) is 0 Å². The lowest BCUT2D eigenvalue weighted by atomic mass is 9.61. The first-order chi connectivity index (χ1) is 8.99. The highest BCUT2D eigenvalue weighted by molar-refractivity contribution is 6.07. The van der Waals surface area contributed by atoms with Gasteiger partial charge in [0.1, 0.15) is 5.41 Å². The van der Waals surface area contributed by atoms with Gasteiger partial charge in [0.05, 0.1) is 6.10 Å². The van der Waals surface area contributed by atoms with Crippen LogP contribution >= 0.6 is 0 Å². The van der Waals surface area contributed by atoms with Gasteiger partial charge in [-0.15, -0.1) is 0 Å². The lowest BCUT2D eigenvalue weighted by Gasteiger charge is -2.46. The van der Waals surface area contributed by atoms with Crippen LogP contribution in [0.25, 0.3) is 0 Å². The first-order valence-electron chi connectivity index (χ1n) is 6.88. The predicted molar refractivity (Wildman–Crippen MR) is 70.9 cm³/mol. The Morgan fingerprint density at radius 2 is 2.16 bits per heavy atom. The highest BCUT2D eigenvalue weighted by atomic mass is 16.5. The zero-order valence-corrected chi connectivity index (χ0v) is 11.6. The molecule has 6 heteroatoms. The lowest BCUT2D eigenvalue weighted by Crippen LogP contribution is -2.58. The Morgan fingerprint density at radius 3 is 2.74 bits per heavy atom. The maximum absolute atomic E-state index is 12.7. The smallest absolute Gasteiger partial charge is 0.236 e. The summed E-state index contributed by atoms with van der Waals surface area (Å²) in [5, 5.41) is 12.0. The molecule has 0 aromatic rings. The Kier molecular flexibility index (Phi) is 3.99. The highest BCUT2D eigenvalue weighted by Gasteiger charge is 2.53. The molecule has 108 valence electrons. The van der Waals surface area contributed by atoms with E-state index in [1.807, 2.05) is 11.8 Å². The SMILES string of the molecule is CC1CC(C(=O)N2CCCOC(C)C2)(C(N)=NO)C1. The van der Waals surface area contributed by atoms with Gasteiger partial charge >= 0.3 is 0 Å². The minimum absolute atomic E-state index is 0.0155. The lowest BCUT2D eigenvalue weighted by molar-refractivity contribution is -0.145. The summed E-state index contributed by atoms with van der Waals surface area (Å²) >= 11 is 0. The molecule has 6 nitrogen and oxygen atoms in total. The monoisotopic (exact) mass is 269 g/mol. The van der Waals surface area contributed by atoms with Crippen LogP contribution in [-0.2, 0) is 9.53 Å². The minimum atomic E-state index is -0.793. The third-order valence-corrected chi connectivity index (χ3v) is 4.14. The fraction of sp³-hybridized carbons (Fsp3) is 0.846. The van der Waals surface area contributed by atoms with Crippen molar-refractivity contribution in [1.29, 1.82) is 0 Å². The third-order valence-electron chi connectivity index (χ3n) is 4.14. The molecule has 3 N–H and O–H groups in total. The van der Waals surface area contributed by atoms with Crippen LogP contribution in [-0.4, -0.2) is 47.7 Å². The quantitative estimate of drug-likeness (QED) is 0.336. The highest BCUT2D eigenvalue weighted by Crippen LogP contribution is 2.47. The van der Waals surface area contributed by atoms with Gasteiger partial charge in [0.15, 0.2) is 5.84 Å². The van der Waals surface area contributed by atoms with Gasteiger partial charge < -0.3 is 20.6 Å². The molecule has 0 bridgehead atoms. The number of ether oxygens (including phenoxy) is 1. The standard InChI is InChI=1S/C13H23N3O3/c1-9-6-13(7-9,11(14)15-18)12(17)16-4-3-5-19-10(2)8-16/h9-10,18H,3-8H2,1-2H3,(H2,14,15). The third kappa shape index (κ3) is 2.54. The molecule has 1 aliphatic heterocycles. The number of hydrogen-bond acceptors (Lipinski definition) is 4. The number of amidine groups is 1. The molecule has 1 saturated heterocycles. The van der Waals surface area contributed by atoms with Gasteiger partial charge in [-0.3, -0.25) is 4.79 Å². The van der Waals surface area contributed by atoms with Gasteiger partial charge in [-0.25, -0.2) is 0 Å². The van der Waals surface area contributed by atoms with E-state index < -0.39 is 5.41 Å². The molecule has 1 unspecified atom stereocenters. The number of nitrogens with two attached hydrogens (primary N) is 1.